The zero-order valence-corrected chi connectivity index (χ0v) is 27.1. The molecule has 0 saturated carbocycles. The second kappa shape index (κ2) is 16.0. The van der Waals surface area contributed by atoms with E-state index in [1.54, 1.807) is 65.8 Å². The van der Waals surface area contributed by atoms with Crippen molar-refractivity contribution in [2.75, 3.05) is 12.3 Å². The Kier molecular flexibility index (Phi) is 13.1. The summed E-state index contributed by atoms with van der Waals surface area (Å²) in [7, 11) is 0. The highest BCUT2D eigenvalue weighted by atomic mass is 32.1. The smallest absolute Gasteiger partial charge is 0.408 e. The van der Waals surface area contributed by atoms with Crippen LogP contribution in [0.2, 0.25) is 0 Å². The van der Waals surface area contributed by atoms with E-state index in [1.807, 2.05) is 30.3 Å². The van der Waals surface area contributed by atoms with Gasteiger partial charge in [-0.25, -0.2) is 9.59 Å². The molecule has 0 bridgehead atoms. The lowest BCUT2D eigenvalue weighted by Crippen LogP contribution is -2.55. The van der Waals surface area contributed by atoms with Crippen LogP contribution in [0.1, 0.15) is 64.3 Å². The monoisotopic (exact) mass is 621 g/mol. The molecule has 0 fully saturated rings. The number of carbonyl (C=O) groups is 4. The number of amides is 3. The minimum atomic E-state index is -1.24. The highest BCUT2D eigenvalue weighted by molar-refractivity contribution is 7.80. The topological polar surface area (TPSA) is 114 Å². The molecule has 0 aliphatic heterocycles. The quantitative estimate of drug-likeness (QED) is 0.138. The molecular formula is C34H43N3O6S. The number of rotatable bonds is 12. The first kappa shape index (κ1) is 36.0. The maximum atomic E-state index is 14.2. The predicted octanol–water partition coefficient (Wildman–Crippen LogP) is 4.62. The van der Waals surface area contributed by atoms with Gasteiger partial charge in [-0.2, -0.15) is 12.6 Å². The van der Waals surface area contributed by atoms with Gasteiger partial charge in [0.1, 0.15) is 29.3 Å². The van der Waals surface area contributed by atoms with Crippen LogP contribution in [0.4, 0.5) is 4.79 Å². The Morgan fingerprint density at radius 2 is 1.52 bits per heavy atom. The van der Waals surface area contributed by atoms with E-state index in [2.05, 4.69) is 35.8 Å². The van der Waals surface area contributed by atoms with Gasteiger partial charge in [0.2, 0.25) is 11.8 Å². The maximum Gasteiger partial charge on any atom is 0.408 e. The number of terminal acetylenes is 1. The van der Waals surface area contributed by atoms with Crippen LogP contribution in [0.25, 0.3) is 0 Å². The van der Waals surface area contributed by atoms with Crippen molar-refractivity contribution in [3.8, 4) is 12.3 Å². The largest absolute Gasteiger partial charge is 0.458 e. The van der Waals surface area contributed by atoms with Crippen LogP contribution in [0, 0.1) is 12.3 Å². The summed E-state index contributed by atoms with van der Waals surface area (Å²) in [5, 5.41) is 5.37. The Hall–Kier alpha value is -4.23. The SMILES string of the molecule is C#Cc1ccc(C(C(=O)NC(Cc2ccccc2)C(=O)OC(C)(C)C)N(CC=C)C(=O)C(CS)NC(=O)OC(C)(C)C)cc1. The van der Waals surface area contributed by atoms with E-state index < -0.39 is 53.2 Å². The highest BCUT2D eigenvalue weighted by Gasteiger charge is 2.37. The number of carbonyl (C=O) groups excluding carboxylic acids is 4. The van der Waals surface area contributed by atoms with E-state index in [1.165, 1.54) is 11.0 Å². The Morgan fingerprint density at radius 1 is 0.932 bits per heavy atom. The third-order valence-corrected chi connectivity index (χ3v) is 6.39. The van der Waals surface area contributed by atoms with Gasteiger partial charge in [0.15, 0.2) is 0 Å². The molecule has 3 atom stereocenters. The van der Waals surface area contributed by atoms with Gasteiger partial charge >= 0.3 is 12.1 Å². The number of benzene rings is 2. The van der Waals surface area contributed by atoms with Crippen LogP contribution >= 0.6 is 12.6 Å². The molecular weight excluding hydrogens is 578 g/mol. The fourth-order valence-electron chi connectivity index (χ4n) is 4.20. The Balaban J connectivity index is 2.55. The first-order chi connectivity index (χ1) is 20.6. The second-order valence-corrected chi connectivity index (χ2v) is 12.5. The molecule has 9 nitrogen and oxygen atoms in total. The molecule has 0 heterocycles. The van der Waals surface area contributed by atoms with Crippen molar-refractivity contribution >= 4 is 36.5 Å². The molecule has 2 aromatic carbocycles. The number of nitrogens with one attached hydrogen (secondary N) is 2. The molecule has 236 valence electrons. The standard InChI is InChI=1S/C34H43N3O6S/c1-9-20-37(30(39)27(22-44)36-32(41)43-34(6,7)8)28(25-18-16-23(10-2)17-19-25)29(38)35-26(31(40)42-33(3,4)5)21-24-14-12-11-13-15-24/h2,9,11-19,26-28,44H,1,20-22H2,3-8H3,(H,35,38)(H,36,41). The van der Waals surface area contributed by atoms with Crippen LogP contribution in [-0.2, 0) is 30.3 Å². The summed E-state index contributed by atoms with van der Waals surface area (Å²) >= 11 is 4.29. The average molecular weight is 622 g/mol. The van der Waals surface area contributed by atoms with E-state index in [9.17, 15) is 19.2 Å². The van der Waals surface area contributed by atoms with Gasteiger partial charge in [0.25, 0.3) is 0 Å². The van der Waals surface area contributed by atoms with Gasteiger partial charge in [-0.15, -0.1) is 13.0 Å². The summed E-state index contributed by atoms with van der Waals surface area (Å²) in [6.07, 6.45) is 6.35. The number of hydrogen-bond acceptors (Lipinski definition) is 7. The lowest BCUT2D eigenvalue weighted by molar-refractivity contribution is -0.159. The lowest BCUT2D eigenvalue weighted by Gasteiger charge is -2.34. The van der Waals surface area contributed by atoms with Gasteiger partial charge in [-0.3, -0.25) is 9.59 Å². The molecule has 2 aromatic rings. The second-order valence-electron chi connectivity index (χ2n) is 12.1. The third-order valence-electron chi connectivity index (χ3n) is 6.02. The summed E-state index contributed by atoms with van der Waals surface area (Å²) in [5.41, 5.74) is 0.194. The summed E-state index contributed by atoms with van der Waals surface area (Å²) in [4.78, 5) is 55.3. The minimum absolute atomic E-state index is 0.0656. The van der Waals surface area contributed by atoms with Crippen LogP contribution in [-0.4, -0.2) is 64.4 Å². The molecule has 0 aliphatic rings. The summed E-state index contributed by atoms with van der Waals surface area (Å²) < 4.78 is 11.0. The van der Waals surface area contributed by atoms with Crippen molar-refractivity contribution in [2.45, 2.75) is 77.3 Å². The van der Waals surface area contributed by atoms with E-state index in [4.69, 9.17) is 15.9 Å². The Bertz CT molecular complexity index is 1340. The van der Waals surface area contributed by atoms with Crippen LogP contribution in [0.5, 0.6) is 0 Å². The molecule has 0 saturated heterocycles. The fraction of sp³-hybridized carbons (Fsp3) is 0.412. The van der Waals surface area contributed by atoms with Crippen molar-refractivity contribution < 1.29 is 28.7 Å². The first-order valence-electron chi connectivity index (χ1n) is 14.2. The number of nitrogens with zero attached hydrogens (tertiary/aromatic N) is 1. The van der Waals surface area contributed by atoms with Crippen LogP contribution in [0.3, 0.4) is 0 Å². The average Bonchev–Trinajstić information content (AvgIpc) is 2.94. The van der Waals surface area contributed by atoms with E-state index >= 15 is 0 Å². The fourth-order valence-corrected chi connectivity index (χ4v) is 4.45. The number of alkyl carbamates (subject to hydrolysis) is 1. The summed E-state index contributed by atoms with van der Waals surface area (Å²) in [5.74, 6) is 0.577. The van der Waals surface area contributed by atoms with Crippen LogP contribution in [0.15, 0.2) is 67.3 Å². The molecule has 3 unspecified atom stereocenters. The lowest BCUT2D eigenvalue weighted by atomic mass is 10.00. The minimum Gasteiger partial charge on any atom is -0.458 e. The normalized spacial score (nSPS) is 13.3. The molecule has 0 radical (unpaired) electrons. The van der Waals surface area contributed by atoms with Gasteiger partial charge in [0, 0.05) is 24.3 Å². The van der Waals surface area contributed by atoms with Crippen molar-refractivity contribution in [1.29, 1.82) is 0 Å². The van der Waals surface area contributed by atoms with Gasteiger partial charge in [0.05, 0.1) is 0 Å². The highest BCUT2D eigenvalue weighted by Crippen LogP contribution is 2.24. The molecule has 0 aliphatic carbocycles. The molecule has 2 N–H and O–H groups in total. The summed E-state index contributed by atoms with van der Waals surface area (Å²) in [6, 6.07) is 12.3. The molecule has 0 aromatic heterocycles. The maximum absolute atomic E-state index is 14.2. The summed E-state index contributed by atoms with van der Waals surface area (Å²) in [6.45, 7) is 14.0. The van der Waals surface area contributed by atoms with E-state index in [0.29, 0.717) is 11.1 Å². The molecule has 10 heteroatoms. The van der Waals surface area contributed by atoms with E-state index in [-0.39, 0.29) is 18.7 Å². The Labute approximate surface area is 266 Å². The predicted molar refractivity (Wildman–Crippen MR) is 174 cm³/mol. The van der Waals surface area contributed by atoms with Crippen molar-refractivity contribution in [3.63, 3.8) is 0 Å². The van der Waals surface area contributed by atoms with Gasteiger partial charge in [-0.1, -0.05) is 54.5 Å². The zero-order chi connectivity index (χ0) is 33.1. The van der Waals surface area contributed by atoms with Crippen molar-refractivity contribution in [2.24, 2.45) is 0 Å². The number of esters is 1. The van der Waals surface area contributed by atoms with Crippen molar-refractivity contribution in [1.82, 2.24) is 15.5 Å². The zero-order valence-electron chi connectivity index (χ0n) is 26.3. The molecule has 2 rings (SSSR count). The van der Waals surface area contributed by atoms with Gasteiger partial charge < -0.3 is 25.0 Å². The molecule has 44 heavy (non-hydrogen) atoms. The molecule has 0 spiro atoms. The van der Waals surface area contributed by atoms with Crippen LogP contribution < -0.4 is 10.6 Å². The number of hydrogen-bond donors (Lipinski definition) is 3. The van der Waals surface area contributed by atoms with Crippen molar-refractivity contribution in [3.05, 3.63) is 83.9 Å². The number of thiol groups is 1. The van der Waals surface area contributed by atoms with E-state index in [0.717, 1.165) is 5.56 Å². The number of ether oxygens (including phenoxy) is 2. The van der Waals surface area contributed by atoms with Gasteiger partial charge in [-0.05, 0) is 64.8 Å². The first-order valence-corrected chi connectivity index (χ1v) is 14.9. The third kappa shape index (κ3) is 11.5. The Morgan fingerprint density at radius 3 is 2.02 bits per heavy atom. The molecule has 3 amide bonds.